The third kappa shape index (κ3) is 1.21. The van der Waals surface area contributed by atoms with Crippen molar-refractivity contribution in [2.24, 2.45) is 0 Å². The average Bonchev–Trinajstić information content (AvgIpc) is 2.53. The van der Waals surface area contributed by atoms with Gasteiger partial charge >= 0.3 is 0 Å². The van der Waals surface area contributed by atoms with Crippen LogP contribution in [0.15, 0.2) is 21.7 Å². The summed E-state index contributed by atoms with van der Waals surface area (Å²) >= 11 is -2.47. The largest absolute Gasteiger partial charge is 0.768 e. The fourth-order valence-electron chi connectivity index (χ4n) is 0.948. The number of hydrogen-bond acceptors (Lipinski definition) is 5. The van der Waals surface area contributed by atoms with E-state index >= 15 is 0 Å². The lowest BCUT2D eigenvalue weighted by molar-refractivity contribution is 0.314. The maximum Gasteiger partial charge on any atom is 0.172 e. The lowest BCUT2D eigenvalue weighted by Gasteiger charge is -2.03. The van der Waals surface area contributed by atoms with Crippen LogP contribution >= 0.6 is 0 Å². The molecule has 0 aliphatic rings. The number of hydrogen-bond donors (Lipinski definition) is 0. The first-order valence-electron chi connectivity index (χ1n) is 3.20. The van der Waals surface area contributed by atoms with Gasteiger partial charge in [-0.15, -0.1) is 0 Å². The second-order valence-electron chi connectivity index (χ2n) is 2.24. The molecule has 0 N–H and O–H groups in total. The molecule has 2 rings (SSSR count). The van der Waals surface area contributed by atoms with Crippen LogP contribution in [0.25, 0.3) is 11.0 Å². The summed E-state index contributed by atoms with van der Waals surface area (Å²) in [6.07, 6.45) is 0. The van der Waals surface area contributed by atoms with Crippen LogP contribution in [0, 0.1) is 5.82 Å². The van der Waals surface area contributed by atoms with E-state index in [-0.39, 0.29) is 15.9 Å². The third-order valence-corrected chi connectivity index (χ3v) is 2.20. The molecule has 13 heavy (non-hydrogen) atoms. The minimum Gasteiger partial charge on any atom is -0.768 e. The van der Waals surface area contributed by atoms with Gasteiger partial charge in [-0.05, 0) is 33.5 Å². The molecule has 1 heterocycles. The summed E-state index contributed by atoms with van der Waals surface area (Å²) in [5, 5.41) is 6.51. The quantitative estimate of drug-likeness (QED) is 0.631. The van der Waals surface area contributed by atoms with E-state index in [1.54, 1.807) is 0 Å². The monoisotopic (exact) mass is 201 g/mol. The summed E-state index contributed by atoms with van der Waals surface area (Å²) < 4.78 is 38.3. The van der Waals surface area contributed by atoms with Crippen molar-refractivity contribution in [3.8, 4) is 0 Å². The van der Waals surface area contributed by atoms with Crippen molar-refractivity contribution in [2.45, 2.75) is 4.90 Å². The molecule has 0 aliphatic heterocycles. The van der Waals surface area contributed by atoms with E-state index < -0.39 is 16.9 Å². The first-order valence-corrected chi connectivity index (χ1v) is 4.27. The van der Waals surface area contributed by atoms with E-state index in [0.717, 1.165) is 12.1 Å². The van der Waals surface area contributed by atoms with Gasteiger partial charge in [-0.1, -0.05) is 0 Å². The second-order valence-corrected chi connectivity index (χ2v) is 3.15. The van der Waals surface area contributed by atoms with Crippen LogP contribution in [-0.4, -0.2) is 19.1 Å². The Bertz CT molecular complexity index is 484. The highest BCUT2D eigenvalue weighted by Crippen LogP contribution is 2.19. The van der Waals surface area contributed by atoms with Crippen molar-refractivity contribution in [1.29, 1.82) is 0 Å². The van der Waals surface area contributed by atoms with Crippen molar-refractivity contribution >= 4 is 22.1 Å². The van der Waals surface area contributed by atoms with Gasteiger partial charge in [-0.3, -0.25) is 4.21 Å². The molecule has 0 fully saturated rings. The zero-order valence-corrected chi connectivity index (χ0v) is 6.88. The molecule has 0 spiro atoms. The number of rotatable bonds is 1. The van der Waals surface area contributed by atoms with Gasteiger partial charge in [0.05, 0.1) is 4.90 Å². The van der Waals surface area contributed by atoms with Crippen molar-refractivity contribution in [3.05, 3.63) is 17.9 Å². The van der Waals surface area contributed by atoms with E-state index in [2.05, 4.69) is 14.9 Å². The van der Waals surface area contributed by atoms with Crippen molar-refractivity contribution < 1.29 is 17.8 Å². The highest BCUT2D eigenvalue weighted by atomic mass is 32.2. The van der Waals surface area contributed by atoms with Gasteiger partial charge in [0.2, 0.25) is 0 Å². The highest BCUT2D eigenvalue weighted by Gasteiger charge is 2.11. The fraction of sp³-hybridized carbons (Fsp3) is 0. The first kappa shape index (κ1) is 8.27. The Morgan fingerprint density at radius 2 is 2.08 bits per heavy atom. The van der Waals surface area contributed by atoms with Crippen LogP contribution in [0.4, 0.5) is 4.39 Å². The summed E-state index contributed by atoms with van der Waals surface area (Å²) in [5.41, 5.74) is -0.268. The van der Waals surface area contributed by atoms with Gasteiger partial charge in [0.25, 0.3) is 0 Å². The standard InChI is InChI=1S/C6H3FN2O3S/c7-3-1-2-4(13(10)11)6-5(3)8-12-9-6/h1-2H,(H,10,11)/p-1. The number of fused-ring (bicyclic) bond motifs is 1. The van der Waals surface area contributed by atoms with Crippen LogP contribution in [-0.2, 0) is 11.1 Å². The summed E-state index contributed by atoms with van der Waals surface area (Å²) in [4.78, 5) is -0.127. The molecule has 0 bridgehead atoms. The maximum absolute atomic E-state index is 12.9. The minimum absolute atomic E-state index is 0.0895. The molecule has 1 aromatic carbocycles. The van der Waals surface area contributed by atoms with Crippen molar-refractivity contribution in [1.82, 2.24) is 10.3 Å². The second kappa shape index (κ2) is 2.86. The fourth-order valence-corrected chi connectivity index (χ4v) is 1.42. The molecular formula is C6H2FN2O3S-. The Hall–Kier alpha value is -1.34. The zero-order chi connectivity index (χ0) is 9.42. The molecule has 0 saturated carbocycles. The summed E-state index contributed by atoms with van der Waals surface area (Å²) in [7, 11) is 0. The maximum atomic E-state index is 12.9. The molecule has 0 aliphatic carbocycles. The number of nitrogens with zero attached hydrogens (tertiary/aromatic N) is 2. The third-order valence-electron chi connectivity index (χ3n) is 1.51. The average molecular weight is 201 g/mol. The Morgan fingerprint density at radius 3 is 2.77 bits per heavy atom. The number of aromatic nitrogens is 2. The van der Waals surface area contributed by atoms with Gasteiger partial charge in [0.1, 0.15) is 0 Å². The highest BCUT2D eigenvalue weighted by molar-refractivity contribution is 7.79. The smallest absolute Gasteiger partial charge is 0.172 e. The van der Waals surface area contributed by atoms with Crippen molar-refractivity contribution in [2.75, 3.05) is 0 Å². The molecule has 1 aromatic heterocycles. The molecule has 2 aromatic rings. The van der Waals surface area contributed by atoms with E-state index in [1.807, 2.05) is 0 Å². The van der Waals surface area contributed by atoms with Gasteiger partial charge in [-0.2, -0.15) is 0 Å². The van der Waals surface area contributed by atoms with Gasteiger partial charge < -0.3 is 4.55 Å². The van der Waals surface area contributed by atoms with Gasteiger partial charge in [-0.25, -0.2) is 9.02 Å². The molecule has 68 valence electrons. The number of benzene rings is 1. The molecule has 5 nitrogen and oxygen atoms in total. The molecule has 0 saturated heterocycles. The topological polar surface area (TPSA) is 79.0 Å². The molecule has 7 heteroatoms. The molecule has 1 atom stereocenters. The molecule has 0 radical (unpaired) electrons. The molecule has 0 amide bonds. The SMILES string of the molecule is O=S([O-])c1ccc(F)c2nonc12. The predicted molar refractivity (Wildman–Crippen MR) is 38.9 cm³/mol. The lowest BCUT2D eigenvalue weighted by Crippen LogP contribution is -1.91. The summed E-state index contributed by atoms with van der Waals surface area (Å²) in [6, 6.07) is 2.10. The Kier molecular flexibility index (Phi) is 1.82. The van der Waals surface area contributed by atoms with E-state index in [4.69, 9.17) is 0 Å². The number of halogens is 1. The predicted octanol–water partition coefficient (Wildman–Crippen LogP) is 0.600. The van der Waals surface area contributed by atoms with Gasteiger partial charge in [0, 0.05) is 0 Å². The molecule has 1 unspecified atom stereocenters. The minimum atomic E-state index is -2.47. The van der Waals surface area contributed by atoms with E-state index in [1.165, 1.54) is 0 Å². The van der Waals surface area contributed by atoms with Crippen molar-refractivity contribution in [3.63, 3.8) is 0 Å². The Balaban J connectivity index is 2.86. The van der Waals surface area contributed by atoms with Crippen LogP contribution in [0.5, 0.6) is 0 Å². The first-order chi connectivity index (χ1) is 6.20. The van der Waals surface area contributed by atoms with Crippen LogP contribution in [0.2, 0.25) is 0 Å². The van der Waals surface area contributed by atoms with E-state index in [0.29, 0.717) is 0 Å². The summed E-state index contributed by atoms with van der Waals surface area (Å²) in [6.45, 7) is 0. The van der Waals surface area contributed by atoms with Crippen LogP contribution < -0.4 is 0 Å². The normalized spacial score (nSPS) is 13.4. The van der Waals surface area contributed by atoms with Crippen LogP contribution in [0.3, 0.4) is 0 Å². The Labute approximate surface area is 73.8 Å². The van der Waals surface area contributed by atoms with E-state index in [9.17, 15) is 13.2 Å². The Morgan fingerprint density at radius 1 is 1.38 bits per heavy atom. The van der Waals surface area contributed by atoms with Crippen LogP contribution in [0.1, 0.15) is 0 Å². The van der Waals surface area contributed by atoms with Gasteiger partial charge in [0.15, 0.2) is 16.9 Å². The lowest BCUT2D eigenvalue weighted by atomic mass is 10.3. The molecular weight excluding hydrogens is 199 g/mol. The zero-order valence-electron chi connectivity index (χ0n) is 6.06. The summed E-state index contributed by atoms with van der Waals surface area (Å²) in [5.74, 6) is -0.662.